The highest BCUT2D eigenvalue weighted by molar-refractivity contribution is 5.45. The SMILES string of the molecule is COc1cc(CO)c(OC)cc1C. The smallest absolute Gasteiger partial charge is 0.124 e. The molecule has 0 amide bonds. The van der Waals surface area contributed by atoms with Gasteiger partial charge in [-0.25, -0.2) is 0 Å². The van der Waals surface area contributed by atoms with Gasteiger partial charge < -0.3 is 14.6 Å². The lowest BCUT2D eigenvalue weighted by molar-refractivity contribution is 0.272. The van der Waals surface area contributed by atoms with Crippen LogP contribution in [0.3, 0.4) is 0 Å². The molecular formula is C10H14O3. The van der Waals surface area contributed by atoms with Gasteiger partial charge in [0, 0.05) is 5.56 Å². The second kappa shape index (κ2) is 4.14. The molecule has 0 radical (unpaired) electrons. The molecular weight excluding hydrogens is 168 g/mol. The molecule has 0 spiro atoms. The van der Waals surface area contributed by atoms with E-state index in [4.69, 9.17) is 14.6 Å². The molecule has 0 fully saturated rings. The van der Waals surface area contributed by atoms with Crippen molar-refractivity contribution >= 4 is 0 Å². The zero-order valence-electron chi connectivity index (χ0n) is 8.13. The number of aryl methyl sites for hydroxylation is 1. The standard InChI is InChI=1S/C10H14O3/c1-7-4-10(13-3)8(6-11)5-9(7)12-2/h4-5,11H,6H2,1-3H3. The van der Waals surface area contributed by atoms with Crippen LogP contribution in [0.2, 0.25) is 0 Å². The Kier molecular flexibility index (Phi) is 3.14. The van der Waals surface area contributed by atoms with Gasteiger partial charge in [0.15, 0.2) is 0 Å². The lowest BCUT2D eigenvalue weighted by atomic mass is 10.1. The molecule has 3 nitrogen and oxygen atoms in total. The van der Waals surface area contributed by atoms with Gasteiger partial charge in [0.2, 0.25) is 0 Å². The molecule has 0 aromatic heterocycles. The molecule has 0 aliphatic carbocycles. The highest BCUT2D eigenvalue weighted by Crippen LogP contribution is 2.27. The summed E-state index contributed by atoms with van der Waals surface area (Å²) in [6.07, 6.45) is 0. The number of ether oxygens (including phenoxy) is 2. The number of aliphatic hydroxyl groups excluding tert-OH is 1. The van der Waals surface area contributed by atoms with Gasteiger partial charge in [-0.1, -0.05) is 0 Å². The van der Waals surface area contributed by atoms with E-state index >= 15 is 0 Å². The zero-order valence-corrected chi connectivity index (χ0v) is 8.13. The van der Waals surface area contributed by atoms with Crippen molar-refractivity contribution in [2.24, 2.45) is 0 Å². The van der Waals surface area contributed by atoms with Crippen LogP contribution in [0, 0.1) is 6.92 Å². The molecule has 0 unspecified atom stereocenters. The highest BCUT2D eigenvalue weighted by Gasteiger charge is 2.06. The Balaban J connectivity index is 3.18. The van der Waals surface area contributed by atoms with Crippen LogP contribution in [0.5, 0.6) is 11.5 Å². The normalized spacial score (nSPS) is 9.85. The maximum atomic E-state index is 9.02. The third-order valence-corrected chi connectivity index (χ3v) is 1.97. The Morgan fingerprint density at radius 2 is 1.77 bits per heavy atom. The van der Waals surface area contributed by atoms with Gasteiger partial charge in [-0.15, -0.1) is 0 Å². The molecule has 0 atom stereocenters. The van der Waals surface area contributed by atoms with Crippen LogP contribution in [0.4, 0.5) is 0 Å². The molecule has 13 heavy (non-hydrogen) atoms. The van der Waals surface area contributed by atoms with Gasteiger partial charge in [-0.2, -0.15) is 0 Å². The quantitative estimate of drug-likeness (QED) is 0.770. The molecule has 1 N–H and O–H groups in total. The van der Waals surface area contributed by atoms with E-state index in [1.807, 2.05) is 13.0 Å². The monoisotopic (exact) mass is 182 g/mol. The first-order chi connectivity index (χ1) is 6.22. The van der Waals surface area contributed by atoms with Gasteiger partial charge in [-0.3, -0.25) is 0 Å². The van der Waals surface area contributed by atoms with Gasteiger partial charge in [0.25, 0.3) is 0 Å². The number of hydrogen-bond donors (Lipinski definition) is 1. The van der Waals surface area contributed by atoms with E-state index in [2.05, 4.69) is 0 Å². The Hall–Kier alpha value is -1.22. The Morgan fingerprint density at radius 1 is 1.15 bits per heavy atom. The molecule has 0 saturated carbocycles. The number of rotatable bonds is 3. The summed E-state index contributed by atoms with van der Waals surface area (Å²) in [7, 11) is 3.19. The van der Waals surface area contributed by atoms with Crippen LogP contribution in [0.15, 0.2) is 12.1 Å². The number of benzene rings is 1. The molecule has 0 aliphatic rings. The third-order valence-electron chi connectivity index (χ3n) is 1.97. The summed E-state index contributed by atoms with van der Waals surface area (Å²) in [5, 5.41) is 9.02. The lowest BCUT2D eigenvalue weighted by Crippen LogP contribution is -1.95. The van der Waals surface area contributed by atoms with Crippen LogP contribution in [0.1, 0.15) is 11.1 Å². The highest BCUT2D eigenvalue weighted by atomic mass is 16.5. The first kappa shape index (κ1) is 9.86. The molecule has 0 aliphatic heterocycles. The zero-order chi connectivity index (χ0) is 9.84. The molecule has 1 aromatic carbocycles. The van der Waals surface area contributed by atoms with Crippen molar-refractivity contribution in [2.45, 2.75) is 13.5 Å². The van der Waals surface area contributed by atoms with Crippen molar-refractivity contribution < 1.29 is 14.6 Å². The first-order valence-electron chi connectivity index (χ1n) is 4.05. The maximum Gasteiger partial charge on any atom is 0.124 e. The van der Waals surface area contributed by atoms with E-state index < -0.39 is 0 Å². The molecule has 3 heteroatoms. The summed E-state index contributed by atoms with van der Waals surface area (Å²) in [6, 6.07) is 3.64. The number of methoxy groups -OCH3 is 2. The molecule has 0 saturated heterocycles. The van der Waals surface area contributed by atoms with Crippen LogP contribution in [-0.4, -0.2) is 19.3 Å². The second-order valence-corrected chi connectivity index (χ2v) is 2.79. The third kappa shape index (κ3) is 1.92. The average molecular weight is 182 g/mol. The van der Waals surface area contributed by atoms with Crippen molar-refractivity contribution in [2.75, 3.05) is 14.2 Å². The summed E-state index contributed by atoms with van der Waals surface area (Å²) >= 11 is 0. The molecule has 0 heterocycles. The second-order valence-electron chi connectivity index (χ2n) is 2.79. The van der Waals surface area contributed by atoms with Crippen molar-refractivity contribution in [3.63, 3.8) is 0 Å². The van der Waals surface area contributed by atoms with Crippen LogP contribution in [0.25, 0.3) is 0 Å². The summed E-state index contributed by atoms with van der Waals surface area (Å²) in [5.41, 5.74) is 1.74. The largest absolute Gasteiger partial charge is 0.496 e. The summed E-state index contributed by atoms with van der Waals surface area (Å²) in [5.74, 6) is 1.46. The fraction of sp³-hybridized carbons (Fsp3) is 0.400. The number of hydrogen-bond acceptors (Lipinski definition) is 3. The van der Waals surface area contributed by atoms with E-state index in [1.165, 1.54) is 0 Å². The summed E-state index contributed by atoms with van der Waals surface area (Å²) in [6.45, 7) is 1.89. The van der Waals surface area contributed by atoms with Crippen molar-refractivity contribution in [1.29, 1.82) is 0 Å². The minimum atomic E-state index is -0.0419. The van der Waals surface area contributed by atoms with Crippen molar-refractivity contribution in [3.8, 4) is 11.5 Å². The number of aliphatic hydroxyl groups is 1. The van der Waals surface area contributed by atoms with E-state index in [0.717, 1.165) is 16.9 Å². The van der Waals surface area contributed by atoms with E-state index in [0.29, 0.717) is 5.75 Å². The minimum Gasteiger partial charge on any atom is -0.496 e. The van der Waals surface area contributed by atoms with Crippen LogP contribution < -0.4 is 9.47 Å². The molecule has 72 valence electrons. The lowest BCUT2D eigenvalue weighted by Gasteiger charge is -2.10. The Bertz CT molecular complexity index is 294. The first-order valence-corrected chi connectivity index (χ1v) is 4.05. The van der Waals surface area contributed by atoms with E-state index in [1.54, 1.807) is 20.3 Å². The van der Waals surface area contributed by atoms with Gasteiger partial charge in [-0.05, 0) is 24.6 Å². The topological polar surface area (TPSA) is 38.7 Å². The average Bonchev–Trinajstić information content (AvgIpc) is 2.17. The van der Waals surface area contributed by atoms with Crippen LogP contribution >= 0.6 is 0 Å². The molecule has 1 rings (SSSR count). The maximum absolute atomic E-state index is 9.02. The molecule has 1 aromatic rings. The molecule has 0 bridgehead atoms. The van der Waals surface area contributed by atoms with Gasteiger partial charge in [0.1, 0.15) is 11.5 Å². The Labute approximate surface area is 77.9 Å². The summed E-state index contributed by atoms with van der Waals surface area (Å²) < 4.78 is 10.2. The van der Waals surface area contributed by atoms with Gasteiger partial charge >= 0.3 is 0 Å². The van der Waals surface area contributed by atoms with E-state index in [9.17, 15) is 0 Å². The van der Waals surface area contributed by atoms with Crippen molar-refractivity contribution in [1.82, 2.24) is 0 Å². The Morgan fingerprint density at radius 3 is 2.23 bits per heavy atom. The van der Waals surface area contributed by atoms with E-state index in [-0.39, 0.29) is 6.61 Å². The van der Waals surface area contributed by atoms with Gasteiger partial charge in [0.05, 0.1) is 20.8 Å². The fourth-order valence-electron chi connectivity index (χ4n) is 1.24. The minimum absolute atomic E-state index is 0.0419. The van der Waals surface area contributed by atoms with Crippen LogP contribution in [-0.2, 0) is 6.61 Å². The fourth-order valence-corrected chi connectivity index (χ4v) is 1.24. The summed E-state index contributed by atoms with van der Waals surface area (Å²) in [4.78, 5) is 0. The van der Waals surface area contributed by atoms with Crippen molar-refractivity contribution in [3.05, 3.63) is 23.3 Å². The predicted octanol–water partition coefficient (Wildman–Crippen LogP) is 1.50. The predicted molar refractivity (Wildman–Crippen MR) is 50.2 cm³/mol.